The van der Waals surface area contributed by atoms with E-state index in [1.807, 2.05) is 20.8 Å². The lowest BCUT2D eigenvalue weighted by molar-refractivity contribution is -0.119. The van der Waals surface area contributed by atoms with Crippen molar-refractivity contribution in [1.82, 2.24) is 14.9 Å². The fraction of sp³-hybridized carbons (Fsp3) is 0.438. The summed E-state index contributed by atoms with van der Waals surface area (Å²) in [6.45, 7) is 5.90. The first-order valence-corrected chi connectivity index (χ1v) is 10.3. The van der Waals surface area contributed by atoms with Crippen molar-refractivity contribution in [1.29, 1.82) is 0 Å². The van der Waals surface area contributed by atoms with E-state index in [4.69, 9.17) is 0 Å². The van der Waals surface area contributed by atoms with Gasteiger partial charge in [-0.3, -0.25) is 4.79 Å². The number of hydrogen-bond acceptors (Lipinski definition) is 6. The van der Waals surface area contributed by atoms with E-state index >= 15 is 0 Å². The second-order valence-electron chi connectivity index (χ2n) is 5.76. The fourth-order valence-corrected chi connectivity index (χ4v) is 3.69. The highest BCUT2D eigenvalue weighted by atomic mass is 32.2. The second kappa shape index (κ2) is 8.50. The van der Waals surface area contributed by atoms with E-state index in [9.17, 15) is 13.2 Å². The minimum absolute atomic E-state index is 0.0892. The molecule has 136 valence electrons. The molecule has 2 rings (SSSR count). The van der Waals surface area contributed by atoms with Crippen molar-refractivity contribution in [2.45, 2.75) is 38.5 Å². The molecule has 0 fully saturated rings. The summed E-state index contributed by atoms with van der Waals surface area (Å²) < 4.78 is 26.9. The Balaban J connectivity index is 1.88. The summed E-state index contributed by atoms with van der Waals surface area (Å²) in [5.41, 5.74) is 1.000. The van der Waals surface area contributed by atoms with Crippen LogP contribution in [0.1, 0.15) is 30.8 Å². The highest BCUT2D eigenvalue weighted by Crippen LogP contribution is 2.17. The number of rotatable bonds is 8. The van der Waals surface area contributed by atoms with Gasteiger partial charge in [0.2, 0.25) is 21.1 Å². The highest BCUT2D eigenvalue weighted by molar-refractivity contribution is 7.89. The summed E-state index contributed by atoms with van der Waals surface area (Å²) in [5, 5.41) is 11.7. The number of sulfonamides is 1. The third-order valence-electron chi connectivity index (χ3n) is 3.72. The Labute approximate surface area is 151 Å². The average Bonchev–Trinajstić information content (AvgIpc) is 3.01. The summed E-state index contributed by atoms with van der Waals surface area (Å²) in [4.78, 5) is 12.0. The van der Waals surface area contributed by atoms with Crippen LogP contribution in [0, 0.1) is 12.8 Å². The Bertz CT molecular complexity index is 816. The van der Waals surface area contributed by atoms with Crippen LogP contribution in [0.4, 0.5) is 5.13 Å². The van der Waals surface area contributed by atoms with Crippen molar-refractivity contribution < 1.29 is 13.2 Å². The van der Waals surface area contributed by atoms with Gasteiger partial charge in [0.15, 0.2) is 0 Å². The van der Waals surface area contributed by atoms with E-state index in [0.29, 0.717) is 16.6 Å². The largest absolute Gasteiger partial charge is 0.300 e. The zero-order valence-electron chi connectivity index (χ0n) is 14.4. The number of nitrogens with zero attached hydrogens (tertiary/aromatic N) is 2. The smallest absolute Gasteiger partial charge is 0.240 e. The van der Waals surface area contributed by atoms with Gasteiger partial charge in [0, 0.05) is 18.9 Å². The third kappa shape index (κ3) is 5.58. The van der Waals surface area contributed by atoms with Gasteiger partial charge in [0.05, 0.1) is 4.90 Å². The summed E-state index contributed by atoms with van der Waals surface area (Å²) in [5.74, 6) is -0.182. The Morgan fingerprint density at radius 2 is 1.92 bits per heavy atom. The number of carbonyl (C=O) groups is 1. The van der Waals surface area contributed by atoms with E-state index in [1.165, 1.54) is 11.3 Å². The number of amides is 1. The number of nitrogens with one attached hydrogen (secondary N) is 2. The van der Waals surface area contributed by atoms with E-state index in [2.05, 4.69) is 20.2 Å². The molecular formula is C16H22N4O3S2. The van der Waals surface area contributed by atoms with Gasteiger partial charge in [-0.15, -0.1) is 10.2 Å². The van der Waals surface area contributed by atoms with Gasteiger partial charge in [0.25, 0.3) is 0 Å². The molecule has 2 aromatic rings. The second-order valence-corrected chi connectivity index (χ2v) is 8.59. The zero-order chi connectivity index (χ0) is 18.4. The van der Waals surface area contributed by atoms with Crippen molar-refractivity contribution in [3.63, 3.8) is 0 Å². The van der Waals surface area contributed by atoms with Gasteiger partial charge in [-0.25, -0.2) is 13.1 Å². The first-order valence-electron chi connectivity index (χ1n) is 8.01. The molecule has 0 aliphatic carbocycles. The first-order chi connectivity index (χ1) is 11.8. The zero-order valence-corrected chi connectivity index (χ0v) is 16.1. The number of anilines is 1. The highest BCUT2D eigenvalue weighted by Gasteiger charge is 2.15. The van der Waals surface area contributed by atoms with Crippen LogP contribution in [0.2, 0.25) is 0 Å². The quantitative estimate of drug-likeness (QED) is 0.730. The maximum absolute atomic E-state index is 12.2. The number of hydrogen-bond donors (Lipinski definition) is 2. The summed E-state index contributed by atoms with van der Waals surface area (Å²) in [6, 6.07) is 6.66. The first kappa shape index (κ1) is 19.5. The molecule has 1 atom stereocenters. The van der Waals surface area contributed by atoms with E-state index < -0.39 is 10.0 Å². The molecule has 0 bridgehead atoms. The Morgan fingerprint density at radius 1 is 1.24 bits per heavy atom. The lowest BCUT2D eigenvalue weighted by Crippen LogP contribution is -2.25. The Morgan fingerprint density at radius 3 is 2.56 bits per heavy atom. The molecule has 7 nitrogen and oxygen atoms in total. The summed E-state index contributed by atoms with van der Waals surface area (Å²) in [7, 11) is -3.54. The van der Waals surface area contributed by atoms with Crippen LogP contribution in [-0.2, 0) is 21.2 Å². The molecule has 1 aromatic heterocycles. The number of aromatic nitrogens is 2. The minimum Gasteiger partial charge on any atom is -0.300 e. The maximum Gasteiger partial charge on any atom is 0.240 e. The fourth-order valence-electron chi connectivity index (χ4n) is 1.91. The minimum atomic E-state index is -3.54. The maximum atomic E-state index is 12.2. The predicted molar refractivity (Wildman–Crippen MR) is 98.1 cm³/mol. The SMILES string of the molecule is CCC(C)C(=O)Nc1nnc(CCNS(=O)(=O)c2ccc(C)cc2)s1. The van der Waals surface area contributed by atoms with Gasteiger partial charge >= 0.3 is 0 Å². The van der Waals surface area contributed by atoms with Crippen LogP contribution >= 0.6 is 11.3 Å². The van der Waals surface area contributed by atoms with E-state index in [0.717, 1.165) is 12.0 Å². The molecule has 25 heavy (non-hydrogen) atoms. The third-order valence-corrected chi connectivity index (χ3v) is 6.09. The van der Waals surface area contributed by atoms with Crippen molar-refractivity contribution in [3.05, 3.63) is 34.8 Å². The Hall–Kier alpha value is -1.84. The lowest BCUT2D eigenvalue weighted by atomic mass is 10.1. The molecule has 0 radical (unpaired) electrons. The molecule has 1 aromatic carbocycles. The molecule has 0 aliphatic heterocycles. The molecule has 0 spiro atoms. The predicted octanol–water partition coefficient (Wildman–Crippen LogP) is 2.35. The number of carbonyl (C=O) groups excluding carboxylic acids is 1. The van der Waals surface area contributed by atoms with Gasteiger partial charge in [-0.2, -0.15) is 0 Å². The van der Waals surface area contributed by atoms with Crippen LogP contribution in [0.5, 0.6) is 0 Å². The molecule has 9 heteroatoms. The standard InChI is InChI=1S/C16H22N4O3S2/c1-4-12(3)15(21)18-16-20-19-14(24-16)9-10-17-25(22,23)13-7-5-11(2)6-8-13/h5-8,12,17H,4,9-10H2,1-3H3,(H,18,20,21). The van der Waals surface area contributed by atoms with Gasteiger partial charge < -0.3 is 5.32 Å². The number of benzene rings is 1. The van der Waals surface area contributed by atoms with Crippen LogP contribution in [0.3, 0.4) is 0 Å². The van der Waals surface area contributed by atoms with Crippen LogP contribution in [0.25, 0.3) is 0 Å². The van der Waals surface area contributed by atoms with Crippen molar-refractivity contribution in [2.24, 2.45) is 5.92 Å². The lowest BCUT2D eigenvalue weighted by Gasteiger charge is -2.06. The molecule has 0 aliphatic rings. The van der Waals surface area contributed by atoms with Crippen LogP contribution in [-0.4, -0.2) is 31.1 Å². The van der Waals surface area contributed by atoms with E-state index in [1.54, 1.807) is 24.3 Å². The van der Waals surface area contributed by atoms with Crippen molar-refractivity contribution >= 4 is 32.4 Å². The molecule has 1 amide bonds. The molecule has 1 unspecified atom stereocenters. The molecule has 1 heterocycles. The molecular weight excluding hydrogens is 360 g/mol. The van der Waals surface area contributed by atoms with Gasteiger partial charge in [0.1, 0.15) is 5.01 Å². The molecule has 2 N–H and O–H groups in total. The topological polar surface area (TPSA) is 101 Å². The van der Waals surface area contributed by atoms with Crippen LogP contribution < -0.4 is 10.0 Å². The number of aryl methyl sites for hydroxylation is 1. The summed E-state index contributed by atoms with van der Waals surface area (Å²) >= 11 is 1.25. The van der Waals surface area contributed by atoms with Gasteiger partial charge in [-0.1, -0.05) is 42.9 Å². The average molecular weight is 383 g/mol. The van der Waals surface area contributed by atoms with Crippen molar-refractivity contribution in [3.8, 4) is 0 Å². The normalized spacial score (nSPS) is 12.8. The Kier molecular flexibility index (Phi) is 6.63. The molecule has 0 saturated carbocycles. The molecule has 0 saturated heterocycles. The van der Waals surface area contributed by atoms with Crippen molar-refractivity contribution in [2.75, 3.05) is 11.9 Å². The van der Waals surface area contributed by atoms with Crippen LogP contribution in [0.15, 0.2) is 29.2 Å². The monoisotopic (exact) mass is 382 g/mol. The van der Waals surface area contributed by atoms with Gasteiger partial charge in [-0.05, 0) is 25.5 Å². The van der Waals surface area contributed by atoms with E-state index in [-0.39, 0.29) is 23.3 Å². The summed E-state index contributed by atoms with van der Waals surface area (Å²) in [6.07, 6.45) is 1.15.